The first-order valence-corrected chi connectivity index (χ1v) is 15.4. The highest BCUT2D eigenvalue weighted by Gasteiger charge is 2.30. The molecular formula is C32H42N8O3. The van der Waals surface area contributed by atoms with Crippen molar-refractivity contribution in [2.24, 2.45) is 5.41 Å². The Kier molecular flexibility index (Phi) is 8.51. The van der Waals surface area contributed by atoms with Gasteiger partial charge in [-0.25, -0.2) is 19.3 Å². The molecule has 1 aromatic carbocycles. The fourth-order valence-corrected chi connectivity index (χ4v) is 5.97. The van der Waals surface area contributed by atoms with Gasteiger partial charge in [0.25, 0.3) is 6.01 Å². The highest BCUT2D eigenvalue weighted by molar-refractivity contribution is 5.85. The van der Waals surface area contributed by atoms with Gasteiger partial charge in [0.05, 0.1) is 24.7 Å². The molecule has 43 heavy (non-hydrogen) atoms. The van der Waals surface area contributed by atoms with Gasteiger partial charge in [-0.15, -0.1) is 0 Å². The van der Waals surface area contributed by atoms with Gasteiger partial charge in [0.15, 0.2) is 11.4 Å². The van der Waals surface area contributed by atoms with Crippen molar-refractivity contribution in [2.45, 2.75) is 77.4 Å². The molecule has 1 aliphatic carbocycles. The van der Waals surface area contributed by atoms with E-state index >= 15 is 0 Å². The second-order valence-electron chi connectivity index (χ2n) is 12.9. The van der Waals surface area contributed by atoms with E-state index in [1.165, 1.54) is 18.5 Å². The topological polar surface area (TPSA) is 122 Å². The van der Waals surface area contributed by atoms with Crippen molar-refractivity contribution >= 4 is 29.1 Å². The summed E-state index contributed by atoms with van der Waals surface area (Å²) < 4.78 is 13.3. The third kappa shape index (κ3) is 7.45. The maximum atomic E-state index is 12.2. The molecule has 3 aromatic heterocycles. The molecule has 11 nitrogen and oxygen atoms in total. The van der Waals surface area contributed by atoms with Crippen molar-refractivity contribution in [1.29, 1.82) is 0 Å². The summed E-state index contributed by atoms with van der Waals surface area (Å²) in [4.78, 5) is 23.5. The summed E-state index contributed by atoms with van der Waals surface area (Å²) in [7, 11) is 0. The predicted molar refractivity (Wildman–Crippen MR) is 167 cm³/mol. The number of nitrogens with zero attached hydrogens (tertiary/aromatic N) is 5. The normalized spacial score (nSPS) is 21.1. The fraction of sp³-hybridized carbons (Fsp3) is 0.500. The first kappa shape index (κ1) is 29.0. The predicted octanol–water partition coefficient (Wildman–Crippen LogP) is 5.96. The lowest BCUT2D eigenvalue weighted by atomic mass is 9.89. The van der Waals surface area contributed by atoms with Crippen LogP contribution in [0.15, 0.2) is 59.5 Å². The SMILES string of the molecule is CC(C)(C)COC(=O)Nc1cccc(-c2cnc(NC3CCCCC3NC3CCCN(c4ccc5ncnn5c4)C3)o2)c1. The van der Waals surface area contributed by atoms with Crippen molar-refractivity contribution in [1.82, 2.24) is 24.9 Å². The molecular weight excluding hydrogens is 544 g/mol. The highest BCUT2D eigenvalue weighted by atomic mass is 16.5. The number of hydrogen-bond donors (Lipinski definition) is 3. The van der Waals surface area contributed by atoms with E-state index in [9.17, 15) is 4.79 Å². The number of carbonyl (C=O) groups is 1. The van der Waals surface area contributed by atoms with Gasteiger partial charge in [-0.2, -0.15) is 5.10 Å². The maximum Gasteiger partial charge on any atom is 0.411 e. The number of hydrogen-bond acceptors (Lipinski definition) is 9. The van der Waals surface area contributed by atoms with Crippen LogP contribution in [-0.4, -0.2) is 63.5 Å². The van der Waals surface area contributed by atoms with Crippen LogP contribution in [0.5, 0.6) is 0 Å². The molecule has 4 heterocycles. The van der Waals surface area contributed by atoms with E-state index in [0.717, 1.165) is 50.0 Å². The molecule has 228 valence electrons. The van der Waals surface area contributed by atoms with Gasteiger partial charge in [-0.05, 0) is 55.4 Å². The van der Waals surface area contributed by atoms with Crippen LogP contribution in [0.4, 0.5) is 22.2 Å². The lowest BCUT2D eigenvalue weighted by Gasteiger charge is -2.40. The minimum atomic E-state index is -0.472. The third-order valence-corrected chi connectivity index (χ3v) is 8.11. The van der Waals surface area contributed by atoms with E-state index in [1.54, 1.807) is 12.5 Å². The zero-order chi connectivity index (χ0) is 29.8. The number of ether oxygens (including phenoxy) is 1. The molecule has 0 radical (unpaired) electrons. The summed E-state index contributed by atoms with van der Waals surface area (Å²) in [6.07, 6.45) is 11.8. The van der Waals surface area contributed by atoms with Crippen molar-refractivity contribution in [3.05, 3.63) is 55.1 Å². The number of aromatic nitrogens is 4. The summed E-state index contributed by atoms with van der Waals surface area (Å²) in [5, 5.41) is 14.7. The highest BCUT2D eigenvalue weighted by Crippen LogP contribution is 2.29. The quantitative estimate of drug-likeness (QED) is 0.230. The fourth-order valence-electron chi connectivity index (χ4n) is 5.97. The Hall–Kier alpha value is -4.12. The van der Waals surface area contributed by atoms with E-state index in [4.69, 9.17) is 9.15 Å². The molecule has 1 aliphatic heterocycles. The van der Waals surface area contributed by atoms with Gasteiger partial charge in [0.2, 0.25) is 0 Å². The van der Waals surface area contributed by atoms with E-state index in [0.29, 0.717) is 36.2 Å². The molecule has 3 atom stereocenters. The summed E-state index contributed by atoms with van der Waals surface area (Å²) in [5.41, 5.74) is 3.42. The van der Waals surface area contributed by atoms with Gasteiger partial charge in [0, 0.05) is 42.5 Å². The molecule has 3 N–H and O–H groups in total. The molecule has 4 aromatic rings. The van der Waals surface area contributed by atoms with Crippen molar-refractivity contribution in [3.8, 4) is 11.3 Å². The number of fused-ring (bicyclic) bond motifs is 1. The van der Waals surface area contributed by atoms with E-state index in [1.807, 2.05) is 55.6 Å². The monoisotopic (exact) mass is 586 g/mol. The minimum Gasteiger partial charge on any atom is -0.449 e. The summed E-state index contributed by atoms with van der Waals surface area (Å²) >= 11 is 0. The standard InChI is InChI=1S/C32H42N8O3/c1-32(2,3)20-42-31(41)37-23-9-6-8-22(16-23)28-17-33-30(43-28)38-27-12-5-4-11-26(27)36-24-10-7-15-39(18-24)25-13-14-29-34-21-35-40(29)19-25/h6,8-9,13-14,16-17,19,21,24,26-27,36H,4-5,7,10-12,15,18,20H2,1-3H3,(H,33,38)(H,37,41). The average molecular weight is 587 g/mol. The lowest BCUT2D eigenvalue weighted by Crippen LogP contribution is -2.54. The minimum absolute atomic E-state index is 0.0967. The van der Waals surface area contributed by atoms with Crippen molar-refractivity contribution < 1.29 is 13.9 Å². The average Bonchev–Trinajstić information content (AvgIpc) is 3.67. The zero-order valence-electron chi connectivity index (χ0n) is 25.3. The second kappa shape index (κ2) is 12.6. The smallest absolute Gasteiger partial charge is 0.411 e. The molecule has 1 saturated carbocycles. The molecule has 11 heteroatoms. The van der Waals surface area contributed by atoms with E-state index in [2.05, 4.69) is 48.2 Å². The Morgan fingerprint density at radius 2 is 1.93 bits per heavy atom. The van der Waals surface area contributed by atoms with Gasteiger partial charge in [-0.3, -0.25) is 5.32 Å². The Bertz CT molecular complexity index is 1530. The molecule has 1 saturated heterocycles. The molecule has 2 fully saturated rings. The van der Waals surface area contributed by atoms with Gasteiger partial charge in [-0.1, -0.05) is 45.7 Å². The molecule has 0 bridgehead atoms. The number of pyridine rings is 1. The summed E-state index contributed by atoms with van der Waals surface area (Å²) in [5.74, 6) is 0.641. The summed E-state index contributed by atoms with van der Waals surface area (Å²) in [6.45, 7) is 8.41. The van der Waals surface area contributed by atoms with Crippen molar-refractivity contribution in [3.63, 3.8) is 0 Å². The van der Waals surface area contributed by atoms with Gasteiger partial charge < -0.3 is 24.7 Å². The van der Waals surface area contributed by atoms with Crippen LogP contribution >= 0.6 is 0 Å². The number of rotatable bonds is 8. The second-order valence-corrected chi connectivity index (χ2v) is 12.9. The molecule has 6 rings (SSSR count). The largest absolute Gasteiger partial charge is 0.449 e. The Morgan fingerprint density at radius 3 is 2.79 bits per heavy atom. The summed E-state index contributed by atoms with van der Waals surface area (Å²) in [6, 6.07) is 13.2. The molecule has 0 spiro atoms. The van der Waals surface area contributed by atoms with E-state index < -0.39 is 6.09 Å². The maximum absolute atomic E-state index is 12.2. The van der Waals surface area contributed by atoms with Crippen LogP contribution < -0.4 is 20.9 Å². The molecule has 2 aliphatic rings. The van der Waals surface area contributed by atoms with Crippen LogP contribution in [-0.2, 0) is 4.74 Å². The Morgan fingerprint density at radius 1 is 1.07 bits per heavy atom. The van der Waals surface area contributed by atoms with Crippen LogP contribution in [0.2, 0.25) is 0 Å². The molecule has 3 unspecified atom stereocenters. The first-order valence-electron chi connectivity index (χ1n) is 15.4. The van der Waals surface area contributed by atoms with Crippen LogP contribution in [0.3, 0.4) is 0 Å². The van der Waals surface area contributed by atoms with Gasteiger partial charge >= 0.3 is 6.09 Å². The zero-order valence-corrected chi connectivity index (χ0v) is 25.3. The number of amides is 1. The third-order valence-electron chi connectivity index (χ3n) is 8.11. The molecule has 1 amide bonds. The number of oxazole rings is 1. The van der Waals surface area contributed by atoms with E-state index in [-0.39, 0.29) is 11.5 Å². The van der Waals surface area contributed by atoms with Crippen LogP contribution in [0, 0.1) is 5.41 Å². The lowest BCUT2D eigenvalue weighted by molar-refractivity contribution is 0.118. The number of benzene rings is 1. The Labute approximate surface area is 252 Å². The van der Waals surface area contributed by atoms with Crippen LogP contribution in [0.1, 0.15) is 59.3 Å². The van der Waals surface area contributed by atoms with Crippen LogP contribution in [0.25, 0.3) is 17.0 Å². The van der Waals surface area contributed by atoms with Gasteiger partial charge in [0.1, 0.15) is 6.33 Å². The number of carbonyl (C=O) groups excluding carboxylic acids is 1. The first-order chi connectivity index (χ1) is 20.8. The van der Waals surface area contributed by atoms with Crippen molar-refractivity contribution in [2.75, 3.05) is 35.2 Å². The Balaban J connectivity index is 1.06. The number of piperidine rings is 1. The number of nitrogens with one attached hydrogen (secondary N) is 3. The number of anilines is 3.